The van der Waals surface area contributed by atoms with Crippen molar-refractivity contribution in [1.82, 2.24) is 10.2 Å². The Morgan fingerprint density at radius 3 is 2.54 bits per heavy atom. The quantitative estimate of drug-likeness (QED) is 0.755. The molecule has 3 nitrogen and oxygen atoms in total. The van der Waals surface area contributed by atoms with Gasteiger partial charge in [0.15, 0.2) is 0 Å². The fraction of sp³-hybridized carbons (Fsp3) is 0.316. The molecule has 0 fully saturated rings. The summed E-state index contributed by atoms with van der Waals surface area (Å²) in [5.74, 6) is 0.811. The first-order valence-corrected chi connectivity index (χ1v) is 8.16. The highest BCUT2D eigenvalue weighted by atomic mass is 35.5. The maximum atomic E-state index is 5.51. The second-order valence-electron chi connectivity index (χ2n) is 5.68. The highest BCUT2D eigenvalue weighted by Crippen LogP contribution is 2.19. The van der Waals surface area contributed by atoms with Crippen LogP contribution in [0.2, 0.25) is 0 Å². The zero-order valence-electron chi connectivity index (χ0n) is 14.4. The van der Waals surface area contributed by atoms with Crippen molar-refractivity contribution in [3.05, 3.63) is 65.2 Å². The van der Waals surface area contributed by atoms with Crippen molar-refractivity contribution in [2.45, 2.75) is 13.5 Å². The Balaban J connectivity index is 0.00000288. The number of rotatable bonds is 7. The number of thiocarbonyl (C=S) groups is 1. The van der Waals surface area contributed by atoms with Gasteiger partial charge in [-0.3, -0.25) is 0 Å². The number of ether oxygens (including phenoxy) is 1. The molecule has 0 aliphatic rings. The van der Waals surface area contributed by atoms with Gasteiger partial charge in [-0.1, -0.05) is 54.2 Å². The van der Waals surface area contributed by atoms with Crippen LogP contribution in [0.5, 0.6) is 5.75 Å². The molecule has 0 aliphatic carbocycles. The molecule has 0 amide bonds. The summed E-state index contributed by atoms with van der Waals surface area (Å²) in [6.45, 7) is 4.71. The molecular formula is C19H25ClN2OS. The average Bonchev–Trinajstić information content (AvgIpc) is 2.55. The molecule has 2 aromatic carbocycles. The lowest BCUT2D eigenvalue weighted by Crippen LogP contribution is -2.32. The molecule has 0 saturated heterocycles. The van der Waals surface area contributed by atoms with Gasteiger partial charge in [0.05, 0.1) is 12.7 Å². The lowest BCUT2D eigenvalue weighted by molar-refractivity contribution is 0.332. The predicted molar refractivity (Wildman–Crippen MR) is 107 cm³/mol. The van der Waals surface area contributed by atoms with Gasteiger partial charge in [0.25, 0.3) is 0 Å². The van der Waals surface area contributed by atoms with Crippen molar-refractivity contribution in [3.8, 4) is 5.75 Å². The standard InChI is InChI=1S/C19H24N2OS.ClH/c1-15-9-10-18(22-3)17(13-15)19(23)20-11-12-21(2)14-16-7-5-4-6-8-16;/h4-10,13H,11-12,14H2,1-3H3,(H,20,23);1H. The highest BCUT2D eigenvalue weighted by molar-refractivity contribution is 7.80. The summed E-state index contributed by atoms with van der Waals surface area (Å²) in [6, 6.07) is 16.5. The minimum atomic E-state index is 0. The Kier molecular flexibility index (Phi) is 8.76. The fourth-order valence-electron chi connectivity index (χ4n) is 2.43. The zero-order valence-corrected chi connectivity index (χ0v) is 16.0. The van der Waals surface area contributed by atoms with E-state index < -0.39 is 0 Å². The minimum Gasteiger partial charge on any atom is -0.496 e. The molecule has 1 N–H and O–H groups in total. The Labute approximate surface area is 156 Å². The van der Waals surface area contributed by atoms with Gasteiger partial charge in [0, 0.05) is 19.6 Å². The van der Waals surface area contributed by atoms with Gasteiger partial charge in [-0.25, -0.2) is 0 Å². The Morgan fingerprint density at radius 1 is 1.17 bits per heavy atom. The second-order valence-corrected chi connectivity index (χ2v) is 6.09. The van der Waals surface area contributed by atoms with Crippen LogP contribution in [0.25, 0.3) is 0 Å². The molecule has 0 radical (unpaired) electrons. The summed E-state index contributed by atoms with van der Waals surface area (Å²) in [5.41, 5.74) is 3.44. The Bertz CT molecular complexity index is 649. The molecule has 0 bridgehead atoms. The summed E-state index contributed by atoms with van der Waals surface area (Å²) in [7, 11) is 3.79. The van der Waals surface area contributed by atoms with Crippen molar-refractivity contribution >= 4 is 29.6 Å². The molecule has 0 aromatic heterocycles. The fourth-order valence-corrected chi connectivity index (χ4v) is 2.69. The Morgan fingerprint density at radius 2 is 1.88 bits per heavy atom. The maximum absolute atomic E-state index is 5.51. The van der Waals surface area contributed by atoms with Crippen LogP contribution >= 0.6 is 24.6 Å². The molecular weight excluding hydrogens is 340 g/mol. The third-order valence-electron chi connectivity index (χ3n) is 3.67. The summed E-state index contributed by atoms with van der Waals surface area (Å²) in [4.78, 5) is 3.01. The minimum absolute atomic E-state index is 0. The summed E-state index contributed by atoms with van der Waals surface area (Å²) >= 11 is 5.51. The lowest BCUT2D eigenvalue weighted by Gasteiger charge is -2.18. The molecule has 0 heterocycles. The zero-order chi connectivity index (χ0) is 16.7. The van der Waals surface area contributed by atoms with Crippen molar-refractivity contribution in [2.24, 2.45) is 0 Å². The van der Waals surface area contributed by atoms with Crippen LogP contribution in [0, 0.1) is 6.92 Å². The van der Waals surface area contributed by atoms with E-state index in [1.54, 1.807) is 7.11 Å². The van der Waals surface area contributed by atoms with E-state index in [9.17, 15) is 0 Å². The first-order valence-electron chi connectivity index (χ1n) is 7.75. The monoisotopic (exact) mass is 364 g/mol. The number of hydrogen-bond donors (Lipinski definition) is 1. The van der Waals surface area contributed by atoms with E-state index >= 15 is 0 Å². The number of halogens is 1. The van der Waals surface area contributed by atoms with Crippen molar-refractivity contribution in [3.63, 3.8) is 0 Å². The van der Waals surface area contributed by atoms with E-state index in [2.05, 4.69) is 54.5 Å². The molecule has 0 atom stereocenters. The molecule has 5 heteroatoms. The highest BCUT2D eigenvalue weighted by Gasteiger charge is 2.09. The number of likely N-dealkylation sites (N-methyl/N-ethyl adjacent to an activating group) is 1. The molecule has 130 valence electrons. The molecule has 0 unspecified atom stereocenters. The topological polar surface area (TPSA) is 24.5 Å². The van der Waals surface area contributed by atoms with E-state index in [1.807, 2.05) is 18.2 Å². The van der Waals surface area contributed by atoms with E-state index in [0.29, 0.717) is 0 Å². The van der Waals surface area contributed by atoms with Crippen LogP contribution in [0.15, 0.2) is 48.5 Å². The number of hydrogen-bond acceptors (Lipinski definition) is 3. The van der Waals surface area contributed by atoms with Crippen LogP contribution in [-0.2, 0) is 6.54 Å². The molecule has 0 spiro atoms. The Hall–Kier alpha value is -1.62. The van der Waals surface area contributed by atoms with Gasteiger partial charge >= 0.3 is 0 Å². The number of nitrogens with one attached hydrogen (secondary N) is 1. The lowest BCUT2D eigenvalue weighted by atomic mass is 10.1. The van der Waals surface area contributed by atoms with Crippen molar-refractivity contribution in [2.75, 3.05) is 27.2 Å². The van der Waals surface area contributed by atoms with Crippen molar-refractivity contribution in [1.29, 1.82) is 0 Å². The number of methoxy groups -OCH3 is 1. The first-order chi connectivity index (χ1) is 11.1. The first kappa shape index (κ1) is 20.4. The van der Waals surface area contributed by atoms with Gasteiger partial charge in [-0.15, -0.1) is 12.4 Å². The third kappa shape index (κ3) is 6.11. The van der Waals surface area contributed by atoms with Crippen LogP contribution in [0.4, 0.5) is 0 Å². The molecule has 24 heavy (non-hydrogen) atoms. The normalized spacial score (nSPS) is 10.2. The predicted octanol–water partition coefficient (Wildman–Crippen LogP) is 3.82. The average molecular weight is 365 g/mol. The van der Waals surface area contributed by atoms with Gasteiger partial charge in [-0.05, 0) is 31.7 Å². The van der Waals surface area contributed by atoms with Crippen LogP contribution in [0.3, 0.4) is 0 Å². The van der Waals surface area contributed by atoms with E-state index in [-0.39, 0.29) is 12.4 Å². The summed E-state index contributed by atoms with van der Waals surface area (Å²) in [6.07, 6.45) is 0. The van der Waals surface area contributed by atoms with E-state index in [4.69, 9.17) is 17.0 Å². The van der Waals surface area contributed by atoms with Crippen LogP contribution in [0.1, 0.15) is 16.7 Å². The summed E-state index contributed by atoms with van der Waals surface area (Å²) in [5, 5.41) is 3.33. The number of nitrogens with zero attached hydrogens (tertiary/aromatic N) is 1. The number of aryl methyl sites for hydroxylation is 1. The van der Waals surface area contributed by atoms with E-state index in [1.165, 1.54) is 11.1 Å². The largest absolute Gasteiger partial charge is 0.496 e. The number of benzene rings is 2. The second kappa shape index (κ2) is 10.3. The smallest absolute Gasteiger partial charge is 0.129 e. The SMILES string of the molecule is COc1ccc(C)cc1C(=S)NCCN(C)Cc1ccccc1.Cl. The molecule has 0 saturated carbocycles. The van der Waals surface area contributed by atoms with Gasteiger partial charge in [0.2, 0.25) is 0 Å². The molecule has 0 aliphatic heterocycles. The van der Waals surface area contributed by atoms with Gasteiger partial charge in [0.1, 0.15) is 10.7 Å². The van der Waals surface area contributed by atoms with Crippen LogP contribution < -0.4 is 10.1 Å². The van der Waals surface area contributed by atoms with Gasteiger partial charge in [-0.2, -0.15) is 0 Å². The molecule has 2 rings (SSSR count). The van der Waals surface area contributed by atoms with Gasteiger partial charge < -0.3 is 15.0 Å². The van der Waals surface area contributed by atoms with Crippen LogP contribution in [-0.4, -0.2) is 37.1 Å². The maximum Gasteiger partial charge on any atom is 0.129 e. The molecule has 2 aromatic rings. The summed E-state index contributed by atoms with van der Waals surface area (Å²) < 4.78 is 5.39. The van der Waals surface area contributed by atoms with Crippen molar-refractivity contribution < 1.29 is 4.74 Å². The third-order valence-corrected chi connectivity index (χ3v) is 4.04. The van der Waals surface area contributed by atoms with E-state index in [0.717, 1.165) is 35.9 Å².